The van der Waals surface area contributed by atoms with Crippen molar-refractivity contribution in [1.29, 1.82) is 0 Å². The number of carbonyl (C=O) groups is 2. The largest absolute Gasteiger partial charge is 0.487 e. The van der Waals surface area contributed by atoms with Gasteiger partial charge in [-0.1, -0.05) is 29.3 Å². The van der Waals surface area contributed by atoms with Gasteiger partial charge in [0, 0.05) is 25.7 Å². The Morgan fingerprint density at radius 3 is 2.50 bits per heavy atom. The molecule has 0 radical (unpaired) electrons. The molecule has 3 aromatic rings. The molecule has 2 aliphatic rings. The lowest BCUT2D eigenvalue weighted by Crippen LogP contribution is -2.60. The van der Waals surface area contributed by atoms with E-state index in [1.54, 1.807) is 17.7 Å². The van der Waals surface area contributed by atoms with Gasteiger partial charge in [-0.3, -0.25) is 4.79 Å². The van der Waals surface area contributed by atoms with Crippen molar-refractivity contribution in [2.45, 2.75) is 56.8 Å². The van der Waals surface area contributed by atoms with E-state index in [0.717, 1.165) is 4.90 Å². The summed E-state index contributed by atoms with van der Waals surface area (Å²) >= 11 is 13.0. The molecule has 0 spiro atoms. The predicted molar refractivity (Wildman–Crippen MR) is 155 cm³/mol. The van der Waals surface area contributed by atoms with Crippen LogP contribution in [0.1, 0.15) is 41.6 Å². The van der Waals surface area contributed by atoms with Gasteiger partial charge in [0.25, 0.3) is 18.3 Å². The van der Waals surface area contributed by atoms with Crippen LogP contribution >= 0.6 is 23.2 Å². The van der Waals surface area contributed by atoms with Gasteiger partial charge in [0.05, 0.1) is 45.4 Å². The predicted octanol–water partition coefficient (Wildman–Crippen LogP) is 6.44. The molecule has 238 valence electrons. The fourth-order valence-electron chi connectivity index (χ4n) is 5.14. The van der Waals surface area contributed by atoms with Crippen molar-refractivity contribution in [1.82, 2.24) is 25.1 Å². The number of urea groups is 1. The average molecular weight is 663 g/mol. The van der Waals surface area contributed by atoms with Crippen molar-refractivity contribution in [3.8, 4) is 5.75 Å². The first-order valence-electron chi connectivity index (χ1n) is 13.8. The van der Waals surface area contributed by atoms with E-state index < -0.39 is 50.2 Å². The second-order valence-corrected chi connectivity index (χ2v) is 11.6. The molecule has 0 atom stereocenters. The molecule has 44 heavy (non-hydrogen) atoms. The number of carbonyl (C=O) groups excluding carboxylic acids is 2. The summed E-state index contributed by atoms with van der Waals surface area (Å²) in [4.78, 5) is 30.9. The number of rotatable bonds is 9. The van der Waals surface area contributed by atoms with Crippen LogP contribution in [0.4, 0.5) is 38.4 Å². The number of amides is 3. The lowest BCUT2D eigenvalue weighted by Gasteiger charge is -2.38. The van der Waals surface area contributed by atoms with Crippen LogP contribution in [-0.2, 0) is 13.6 Å². The van der Waals surface area contributed by atoms with Gasteiger partial charge in [-0.15, -0.1) is 0 Å². The molecule has 3 N–H and O–H groups in total. The molecule has 2 aromatic carbocycles. The van der Waals surface area contributed by atoms with Crippen LogP contribution in [-0.4, -0.2) is 70.6 Å². The maximum absolute atomic E-state index is 13.6. The van der Waals surface area contributed by atoms with E-state index in [1.165, 1.54) is 18.2 Å². The molecular formula is C28H29Cl2F5N6O3. The zero-order chi connectivity index (χ0) is 31.8. The number of fused-ring (bicyclic) bond motifs is 1. The number of aryl methyl sites for hydroxylation is 1. The highest BCUT2D eigenvalue weighted by atomic mass is 35.5. The average Bonchev–Trinajstić information content (AvgIpc) is 3.26. The number of aromatic nitrogens is 2. The summed E-state index contributed by atoms with van der Waals surface area (Å²) < 4.78 is 72.7. The summed E-state index contributed by atoms with van der Waals surface area (Å²) in [5.41, 5.74) is 1.46. The number of alkyl halides is 5. The summed E-state index contributed by atoms with van der Waals surface area (Å²) in [7, 11) is 1.64. The molecular weight excluding hydrogens is 634 g/mol. The Bertz CT molecular complexity index is 1560. The molecule has 0 unspecified atom stereocenters. The number of anilines is 2. The molecule has 0 bridgehead atoms. The number of likely N-dealkylation sites (tertiary alicyclic amines) is 1. The van der Waals surface area contributed by atoms with Gasteiger partial charge in [-0.2, -0.15) is 0 Å². The molecule has 9 nitrogen and oxygen atoms in total. The highest BCUT2D eigenvalue weighted by Gasteiger charge is 2.46. The zero-order valence-corrected chi connectivity index (χ0v) is 24.9. The number of imidazole rings is 1. The van der Waals surface area contributed by atoms with Gasteiger partial charge in [-0.25, -0.2) is 31.7 Å². The number of nitrogens with one attached hydrogen (secondary N) is 3. The molecule has 16 heteroatoms. The number of hydrogen-bond acceptors (Lipinski definition) is 5. The molecule has 2 heterocycles. The van der Waals surface area contributed by atoms with Crippen molar-refractivity contribution < 1.29 is 36.3 Å². The highest BCUT2D eigenvalue weighted by molar-refractivity contribution is 6.39. The van der Waals surface area contributed by atoms with E-state index in [4.69, 9.17) is 27.9 Å². The fraction of sp³-hybridized carbons (Fsp3) is 0.464. The highest BCUT2D eigenvalue weighted by Crippen LogP contribution is 2.37. The minimum Gasteiger partial charge on any atom is -0.487 e. The van der Waals surface area contributed by atoms with Crippen LogP contribution in [0, 0.1) is 0 Å². The Hall–Kier alpha value is -3.52. The van der Waals surface area contributed by atoms with Crippen molar-refractivity contribution in [3.63, 3.8) is 0 Å². The van der Waals surface area contributed by atoms with E-state index in [1.807, 2.05) is 0 Å². The Morgan fingerprint density at radius 2 is 1.84 bits per heavy atom. The normalized spacial score (nSPS) is 19.5. The van der Waals surface area contributed by atoms with Crippen LogP contribution in [0.2, 0.25) is 10.0 Å². The third kappa shape index (κ3) is 7.06. The third-order valence-electron chi connectivity index (χ3n) is 7.55. The Morgan fingerprint density at radius 1 is 1.14 bits per heavy atom. The molecule has 1 saturated carbocycles. The van der Waals surface area contributed by atoms with E-state index in [0.29, 0.717) is 42.3 Å². The summed E-state index contributed by atoms with van der Waals surface area (Å²) in [5.74, 6) is -3.29. The lowest BCUT2D eigenvalue weighted by molar-refractivity contribution is -0.109. The van der Waals surface area contributed by atoms with Crippen molar-refractivity contribution in [3.05, 3.63) is 45.4 Å². The smallest absolute Gasteiger partial charge is 0.318 e. The van der Waals surface area contributed by atoms with E-state index in [2.05, 4.69) is 20.9 Å². The Balaban J connectivity index is 1.38. The van der Waals surface area contributed by atoms with Gasteiger partial charge >= 0.3 is 6.03 Å². The Labute approximate surface area is 259 Å². The minimum absolute atomic E-state index is 0.000981. The summed E-state index contributed by atoms with van der Waals surface area (Å²) in [6, 6.07) is 5.04. The van der Waals surface area contributed by atoms with E-state index in [-0.39, 0.29) is 45.6 Å². The van der Waals surface area contributed by atoms with E-state index >= 15 is 0 Å². The number of halogens is 7. The number of nitrogens with zero attached hydrogens (tertiary/aromatic N) is 3. The number of ether oxygens (including phenoxy) is 1. The van der Waals surface area contributed by atoms with Crippen LogP contribution in [0.25, 0.3) is 11.0 Å². The molecule has 1 aliphatic heterocycles. The topological polar surface area (TPSA) is 101 Å². The van der Waals surface area contributed by atoms with Crippen LogP contribution < -0.4 is 20.7 Å². The summed E-state index contributed by atoms with van der Waals surface area (Å²) in [6.07, 6.45) is -2.13. The fourth-order valence-corrected chi connectivity index (χ4v) is 5.67. The molecule has 1 aromatic heterocycles. The van der Waals surface area contributed by atoms with E-state index in [9.17, 15) is 31.5 Å². The van der Waals surface area contributed by atoms with Crippen molar-refractivity contribution in [2.24, 2.45) is 7.05 Å². The standard InChI is InChI=1S/C28H29Cl2F5N6O3/c1-40-20-9-21(44-11-22(32)33)17(25(42)37-16-5-3-15(31)4-6-16)8-19(20)38-26(40)39-24-18(29)7-2-14(23(24)30)10-36-27(43)41-12-28(34,35)13-41/h2,7-9,15-16,22H,3-6,10-13H2,1H3,(H,36,43)(H,37,42)(H,38,39). The lowest BCUT2D eigenvalue weighted by atomic mass is 9.94. The van der Waals surface area contributed by atoms with Gasteiger partial charge in [-0.05, 0) is 43.4 Å². The first kappa shape index (κ1) is 31.9. The molecule has 3 amide bonds. The third-order valence-corrected chi connectivity index (χ3v) is 8.30. The minimum atomic E-state index is -2.89. The molecule has 1 aliphatic carbocycles. The van der Waals surface area contributed by atoms with Crippen LogP contribution in [0.5, 0.6) is 5.75 Å². The number of benzene rings is 2. The van der Waals surface area contributed by atoms with Gasteiger partial charge in [0.1, 0.15) is 18.5 Å². The van der Waals surface area contributed by atoms with Crippen molar-refractivity contribution in [2.75, 3.05) is 25.0 Å². The van der Waals surface area contributed by atoms with Gasteiger partial charge in [0.15, 0.2) is 0 Å². The SMILES string of the molecule is Cn1c(Nc2c(Cl)ccc(CNC(=O)N3CC(F)(F)C3)c2Cl)nc2cc(C(=O)NC3CCC(F)CC3)c(OCC(F)F)cc21. The maximum atomic E-state index is 13.6. The van der Waals surface area contributed by atoms with Crippen molar-refractivity contribution >= 4 is 57.8 Å². The quantitative estimate of drug-likeness (QED) is 0.229. The second-order valence-electron chi connectivity index (χ2n) is 10.8. The first-order valence-corrected chi connectivity index (χ1v) is 14.6. The monoisotopic (exact) mass is 662 g/mol. The summed E-state index contributed by atoms with van der Waals surface area (Å²) in [5, 5.41) is 8.78. The molecule has 1 saturated heterocycles. The first-order chi connectivity index (χ1) is 20.8. The second kappa shape index (κ2) is 12.8. The van der Waals surface area contributed by atoms with Gasteiger partial charge in [0.2, 0.25) is 5.95 Å². The van der Waals surface area contributed by atoms with Crippen LogP contribution in [0.15, 0.2) is 24.3 Å². The Kier molecular flexibility index (Phi) is 9.30. The maximum Gasteiger partial charge on any atom is 0.318 e. The van der Waals surface area contributed by atoms with Gasteiger partial charge < -0.3 is 30.2 Å². The van der Waals surface area contributed by atoms with Crippen LogP contribution in [0.3, 0.4) is 0 Å². The molecule has 2 fully saturated rings. The number of hydrogen-bond donors (Lipinski definition) is 3. The molecule has 5 rings (SSSR count). The zero-order valence-electron chi connectivity index (χ0n) is 23.4. The summed E-state index contributed by atoms with van der Waals surface area (Å²) in [6.45, 7) is -2.32.